The molecule has 0 unspecified atom stereocenters. The van der Waals surface area contributed by atoms with Gasteiger partial charge in [0.05, 0.1) is 6.08 Å². The van der Waals surface area contributed by atoms with Crippen LogP contribution in [-0.2, 0) is 11.0 Å². The summed E-state index contributed by atoms with van der Waals surface area (Å²) in [5, 5.41) is 10.1. The van der Waals surface area contributed by atoms with Gasteiger partial charge in [-0.25, -0.2) is 0 Å². The van der Waals surface area contributed by atoms with E-state index in [4.69, 9.17) is 9.90 Å². The van der Waals surface area contributed by atoms with Gasteiger partial charge in [0.2, 0.25) is 5.76 Å². The van der Waals surface area contributed by atoms with Crippen LogP contribution in [0.2, 0.25) is 0 Å². The van der Waals surface area contributed by atoms with Crippen LogP contribution in [0.25, 0.3) is 0 Å². The van der Waals surface area contributed by atoms with E-state index < -0.39 is 17.7 Å². The number of aliphatic hydroxyl groups excluding tert-OH is 1. The van der Waals surface area contributed by atoms with Crippen molar-refractivity contribution >= 4 is 17.1 Å². The molecule has 17 heavy (non-hydrogen) atoms. The molecular weight excluding hydrogens is 401 g/mol. The van der Waals surface area contributed by atoms with Gasteiger partial charge in [-0.2, -0.15) is 13.2 Å². The van der Waals surface area contributed by atoms with Crippen LogP contribution in [-0.4, -0.2) is 21.9 Å². The van der Waals surface area contributed by atoms with Gasteiger partial charge in [-0.3, -0.25) is 4.79 Å². The van der Waals surface area contributed by atoms with Gasteiger partial charge in [-0.1, -0.05) is 6.07 Å². The first kappa shape index (κ1) is 22.4. The third-order valence-electron chi connectivity index (χ3n) is 1.34. The number of aliphatic hydroxyl groups is 1. The van der Waals surface area contributed by atoms with Crippen molar-refractivity contribution in [3.8, 4) is 0 Å². The normalized spacial score (nSPS) is 10.6. The van der Waals surface area contributed by atoms with Gasteiger partial charge in [-0.15, -0.1) is 11.3 Å². The van der Waals surface area contributed by atoms with Crippen molar-refractivity contribution in [3.05, 3.63) is 34.2 Å². The molecule has 0 fully saturated rings. The minimum atomic E-state index is -4.83. The van der Waals surface area contributed by atoms with E-state index in [0.29, 0.717) is 0 Å². The molecule has 0 aliphatic heterocycles. The van der Waals surface area contributed by atoms with Gasteiger partial charge < -0.3 is 16.1 Å². The molecule has 1 aromatic rings. The summed E-state index contributed by atoms with van der Waals surface area (Å²) < 4.78 is 35.4. The molecule has 1 heterocycles. The SMILES string of the molecule is O/C(=C\C(=[OH+])c1cccs1)C(F)(F)F.[Eu].[OH3+].[OH3+]. The van der Waals surface area contributed by atoms with Gasteiger partial charge in [0, 0.05) is 49.4 Å². The first-order chi connectivity index (χ1) is 6.41. The number of allylic oxidation sites excluding steroid dienone is 2. The summed E-state index contributed by atoms with van der Waals surface area (Å²) in [5.41, 5.74) is 0. The van der Waals surface area contributed by atoms with Crippen LogP contribution in [0.3, 0.4) is 0 Å². The van der Waals surface area contributed by atoms with Crippen molar-refractivity contribution in [2.24, 2.45) is 0 Å². The van der Waals surface area contributed by atoms with Crippen LogP contribution in [0.4, 0.5) is 13.2 Å². The van der Waals surface area contributed by atoms with Crippen LogP contribution >= 0.6 is 11.3 Å². The van der Waals surface area contributed by atoms with Crippen LogP contribution in [0.5, 0.6) is 0 Å². The van der Waals surface area contributed by atoms with Crippen LogP contribution < -0.4 is 0 Å². The van der Waals surface area contributed by atoms with E-state index in [1.54, 1.807) is 11.4 Å². The predicted molar refractivity (Wildman–Crippen MR) is 56.9 cm³/mol. The molecule has 0 aliphatic carbocycles. The summed E-state index contributed by atoms with van der Waals surface area (Å²) in [6.45, 7) is 0. The van der Waals surface area contributed by atoms with E-state index >= 15 is 0 Å². The number of halogens is 3. The topological polar surface area (TPSA) is 108 Å². The minimum Gasteiger partial charge on any atom is -0.504 e. The van der Waals surface area contributed by atoms with Crippen molar-refractivity contribution in [2.75, 3.05) is 0 Å². The molecule has 0 saturated heterocycles. The molecule has 0 atom stereocenters. The number of hydrogen-bond donors (Lipinski definition) is 1. The van der Waals surface area contributed by atoms with Crippen molar-refractivity contribution < 1.29 is 83.4 Å². The molecule has 99 valence electrons. The van der Waals surface area contributed by atoms with E-state index in [0.717, 1.165) is 11.3 Å². The van der Waals surface area contributed by atoms with Gasteiger partial charge in [0.25, 0.3) is 0 Å². The van der Waals surface area contributed by atoms with Crippen LogP contribution in [0.15, 0.2) is 29.3 Å². The predicted octanol–water partition coefficient (Wildman–Crippen LogP) is 0.801. The molecule has 0 saturated carbocycles. The Labute approximate surface area is 139 Å². The van der Waals surface area contributed by atoms with Crippen molar-refractivity contribution in [3.63, 3.8) is 0 Å². The summed E-state index contributed by atoms with van der Waals surface area (Å²) in [4.78, 5) is 9.40. The zero-order valence-corrected chi connectivity index (χ0v) is 11.5. The van der Waals surface area contributed by atoms with E-state index in [1.165, 1.54) is 6.07 Å². The van der Waals surface area contributed by atoms with Gasteiger partial charge >= 0.3 is 12.0 Å². The van der Waals surface area contributed by atoms with Gasteiger partial charge in [-0.05, 0) is 11.4 Å². The number of ketones is 1. The monoisotopic (exact) mass is 414 g/mol. The Bertz CT molecular complexity index is 361. The van der Waals surface area contributed by atoms with E-state index in [1.807, 2.05) is 0 Å². The number of hydrogen-bond acceptors (Lipinski definition) is 2. The Morgan fingerprint density at radius 1 is 1.35 bits per heavy atom. The molecule has 0 aliphatic rings. The van der Waals surface area contributed by atoms with Gasteiger partial charge in [0.15, 0.2) is 0 Å². The smallest absolute Gasteiger partial charge is 0.449 e. The molecule has 1 rings (SSSR count). The molecule has 9 heteroatoms. The molecule has 1 radical (unpaired) electrons. The first-order valence-electron chi connectivity index (χ1n) is 3.49. The van der Waals surface area contributed by atoms with E-state index in [9.17, 15) is 13.2 Å². The van der Waals surface area contributed by atoms with Crippen molar-refractivity contribution in [1.29, 1.82) is 0 Å². The fourth-order valence-electron chi connectivity index (χ4n) is 0.707. The Morgan fingerprint density at radius 3 is 2.24 bits per heavy atom. The van der Waals surface area contributed by atoms with Crippen LogP contribution in [0.1, 0.15) is 4.88 Å². The maximum absolute atomic E-state index is 11.8. The maximum atomic E-state index is 11.8. The summed E-state index contributed by atoms with van der Waals surface area (Å²) in [7, 11) is 0. The molecule has 0 spiro atoms. The molecule has 8 N–H and O–H groups in total. The van der Waals surface area contributed by atoms with Crippen molar-refractivity contribution in [1.82, 2.24) is 0 Å². The fraction of sp³-hybridized carbons (Fsp3) is 0.125. The molecular formula is C8H12EuF3O4S+3. The van der Waals surface area contributed by atoms with Crippen molar-refractivity contribution in [2.45, 2.75) is 6.18 Å². The Hall–Kier alpha value is 0.204. The molecule has 4 nitrogen and oxygen atoms in total. The van der Waals surface area contributed by atoms with E-state index in [-0.39, 0.29) is 71.3 Å². The third kappa shape index (κ3) is 7.27. The third-order valence-corrected chi connectivity index (χ3v) is 2.23. The number of alkyl halides is 3. The number of carbonyl (C=O) groups excluding carboxylic acids is 1. The minimum absolute atomic E-state index is 0. The zero-order chi connectivity index (χ0) is 10.8. The average Bonchev–Trinajstić information content (AvgIpc) is 2.53. The first-order valence-corrected chi connectivity index (χ1v) is 4.37. The molecule has 1 aromatic heterocycles. The number of rotatable bonds is 2. The average molecular weight is 413 g/mol. The Kier molecular flexibility index (Phi) is 12.1. The van der Waals surface area contributed by atoms with Gasteiger partial charge in [0.1, 0.15) is 4.88 Å². The second-order valence-corrected chi connectivity index (χ2v) is 3.34. The number of thiophene rings is 1. The molecule has 0 aromatic carbocycles. The zero-order valence-electron chi connectivity index (χ0n) is 8.28. The Balaban J connectivity index is -0.000000653. The van der Waals surface area contributed by atoms with E-state index in [2.05, 4.69) is 0 Å². The standard InChI is InChI=1S/C8H5F3O2S.Eu.2H2O/c9-8(10,11)7(13)4-5(12)6-2-1-3-14-6;;;/h1-4,13H;;2*1H2/p+3/b7-4-;;;. The summed E-state index contributed by atoms with van der Waals surface area (Å²) >= 11 is 1.07. The Morgan fingerprint density at radius 2 is 1.88 bits per heavy atom. The second kappa shape index (κ2) is 9.18. The fourth-order valence-corrected chi connectivity index (χ4v) is 1.35. The quantitative estimate of drug-likeness (QED) is 0.329. The second-order valence-electron chi connectivity index (χ2n) is 2.39. The molecule has 0 amide bonds. The summed E-state index contributed by atoms with van der Waals surface area (Å²) in [5.74, 6) is -2.42. The van der Waals surface area contributed by atoms with Crippen LogP contribution in [0, 0.1) is 49.4 Å². The maximum Gasteiger partial charge on any atom is 0.449 e. The largest absolute Gasteiger partial charge is 0.504 e. The summed E-state index contributed by atoms with van der Waals surface area (Å²) in [6, 6.07) is 3.02. The molecule has 0 bridgehead atoms. The summed E-state index contributed by atoms with van der Waals surface area (Å²) in [6.07, 6.45) is -4.54.